The van der Waals surface area contributed by atoms with Crippen LogP contribution in [0.4, 0.5) is 0 Å². The van der Waals surface area contributed by atoms with Crippen LogP contribution in [0, 0.1) is 5.92 Å². The summed E-state index contributed by atoms with van der Waals surface area (Å²) in [4.78, 5) is 17.4. The fourth-order valence-electron chi connectivity index (χ4n) is 1.79. The van der Waals surface area contributed by atoms with E-state index in [0.717, 1.165) is 5.69 Å². The summed E-state index contributed by atoms with van der Waals surface area (Å²) in [6, 6.07) is 0. The van der Waals surface area contributed by atoms with Gasteiger partial charge in [0.2, 0.25) is 5.91 Å². The molecule has 0 saturated carbocycles. The molecule has 0 aliphatic carbocycles. The molecule has 96 valence electrons. The standard InChI is InChI=1S/C12H22N4O/c1-9(2)10(5-13)11-6-14-8-16(11)7-12(17)15(3)4/h6,8-10H,5,7,13H2,1-4H3. The van der Waals surface area contributed by atoms with Gasteiger partial charge in [-0.1, -0.05) is 13.8 Å². The molecule has 5 nitrogen and oxygen atoms in total. The van der Waals surface area contributed by atoms with Crippen molar-refractivity contribution >= 4 is 5.91 Å². The predicted molar refractivity (Wildman–Crippen MR) is 67.6 cm³/mol. The SMILES string of the molecule is CC(C)C(CN)c1cncn1CC(=O)N(C)C. The van der Waals surface area contributed by atoms with Crippen molar-refractivity contribution in [2.45, 2.75) is 26.3 Å². The molecule has 5 heteroatoms. The molecule has 1 atom stereocenters. The molecule has 1 aromatic rings. The number of likely N-dealkylation sites (N-methyl/N-ethyl adjacent to an activating group) is 1. The Bertz CT molecular complexity index is 370. The van der Waals surface area contributed by atoms with Crippen molar-refractivity contribution in [2.24, 2.45) is 11.7 Å². The molecular weight excluding hydrogens is 216 g/mol. The lowest BCUT2D eigenvalue weighted by molar-refractivity contribution is -0.129. The fraction of sp³-hybridized carbons (Fsp3) is 0.667. The van der Waals surface area contributed by atoms with Crippen molar-refractivity contribution in [2.75, 3.05) is 20.6 Å². The van der Waals surface area contributed by atoms with Crippen molar-refractivity contribution in [3.63, 3.8) is 0 Å². The number of aromatic nitrogens is 2. The van der Waals surface area contributed by atoms with Gasteiger partial charge in [-0.05, 0) is 5.92 Å². The van der Waals surface area contributed by atoms with E-state index < -0.39 is 0 Å². The summed E-state index contributed by atoms with van der Waals surface area (Å²) in [7, 11) is 3.50. The third kappa shape index (κ3) is 3.30. The highest BCUT2D eigenvalue weighted by atomic mass is 16.2. The van der Waals surface area contributed by atoms with Gasteiger partial charge in [-0.2, -0.15) is 0 Å². The van der Waals surface area contributed by atoms with E-state index in [1.807, 2.05) is 4.57 Å². The minimum atomic E-state index is 0.0591. The first kappa shape index (κ1) is 13.7. The van der Waals surface area contributed by atoms with E-state index in [4.69, 9.17) is 5.73 Å². The van der Waals surface area contributed by atoms with Crippen LogP contribution in [0.15, 0.2) is 12.5 Å². The van der Waals surface area contributed by atoms with Crippen molar-refractivity contribution in [3.8, 4) is 0 Å². The van der Waals surface area contributed by atoms with Crippen LogP contribution >= 0.6 is 0 Å². The van der Waals surface area contributed by atoms with Gasteiger partial charge in [0.1, 0.15) is 6.54 Å². The Labute approximate surface area is 103 Å². The third-order valence-corrected chi connectivity index (χ3v) is 2.99. The zero-order chi connectivity index (χ0) is 13.0. The summed E-state index contributed by atoms with van der Waals surface area (Å²) in [5, 5.41) is 0. The molecule has 0 fully saturated rings. The number of carbonyl (C=O) groups excluding carboxylic acids is 1. The van der Waals surface area contributed by atoms with Gasteiger partial charge in [-0.15, -0.1) is 0 Å². The minimum Gasteiger partial charge on any atom is -0.347 e. The monoisotopic (exact) mass is 238 g/mol. The Morgan fingerprint density at radius 1 is 1.53 bits per heavy atom. The summed E-state index contributed by atoms with van der Waals surface area (Å²) in [6.07, 6.45) is 3.50. The van der Waals surface area contributed by atoms with Gasteiger partial charge in [0.25, 0.3) is 0 Å². The molecule has 1 aromatic heterocycles. The van der Waals surface area contributed by atoms with Crippen LogP contribution in [-0.4, -0.2) is 41.0 Å². The second-order valence-corrected chi connectivity index (χ2v) is 4.82. The largest absolute Gasteiger partial charge is 0.347 e. The maximum absolute atomic E-state index is 11.7. The zero-order valence-corrected chi connectivity index (χ0v) is 11.1. The molecular formula is C12H22N4O. The number of carbonyl (C=O) groups is 1. The van der Waals surface area contributed by atoms with Gasteiger partial charge in [0.05, 0.1) is 6.33 Å². The molecule has 1 rings (SSSR count). The number of amides is 1. The summed E-state index contributed by atoms with van der Waals surface area (Å²) >= 11 is 0. The van der Waals surface area contributed by atoms with E-state index in [1.165, 1.54) is 0 Å². The van der Waals surface area contributed by atoms with Gasteiger partial charge in [0.15, 0.2) is 0 Å². The first-order valence-electron chi connectivity index (χ1n) is 5.87. The minimum absolute atomic E-state index is 0.0591. The van der Waals surface area contributed by atoms with E-state index in [2.05, 4.69) is 18.8 Å². The second kappa shape index (κ2) is 5.82. The van der Waals surface area contributed by atoms with Crippen LogP contribution in [0.5, 0.6) is 0 Å². The Morgan fingerprint density at radius 2 is 2.18 bits per heavy atom. The van der Waals surface area contributed by atoms with Crippen molar-refractivity contribution in [3.05, 3.63) is 18.2 Å². The van der Waals surface area contributed by atoms with Crippen LogP contribution in [0.2, 0.25) is 0 Å². The number of rotatable bonds is 5. The van der Waals surface area contributed by atoms with E-state index >= 15 is 0 Å². The maximum Gasteiger partial charge on any atom is 0.242 e. The summed E-state index contributed by atoms with van der Waals surface area (Å²) < 4.78 is 1.89. The van der Waals surface area contributed by atoms with Crippen molar-refractivity contribution < 1.29 is 4.79 Å². The Morgan fingerprint density at radius 3 is 2.65 bits per heavy atom. The van der Waals surface area contributed by atoms with Gasteiger partial charge in [-0.25, -0.2) is 4.98 Å². The normalized spacial score (nSPS) is 12.8. The van der Waals surface area contributed by atoms with Crippen LogP contribution in [0.3, 0.4) is 0 Å². The highest BCUT2D eigenvalue weighted by Gasteiger charge is 2.19. The summed E-state index contributed by atoms with van der Waals surface area (Å²) in [6.45, 7) is 5.15. The van der Waals surface area contributed by atoms with Gasteiger partial charge < -0.3 is 15.2 Å². The average Bonchev–Trinajstić information content (AvgIpc) is 2.66. The van der Waals surface area contributed by atoms with Crippen LogP contribution in [-0.2, 0) is 11.3 Å². The molecule has 17 heavy (non-hydrogen) atoms. The Hall–Kier alpha value is -1.36. The number of imidazole rings is 1. The van der Waals surface area contributed by atoms with E-state index in [-0.39, 0.29) is 11.8 Å². The molecule has 0 bridgehead atoms. The van der Waals surface area contributed by atoms with E-state index in [0.29, 0.717) is 19.0 Å². The van der Waals surface area contributed by atoms with Crippen LogP contribution in [0.25, 0.3) is 0 Å². The highest BCUT2D eigenvalue weighted by Crippen LogP contribution is 2.22. The quantitative estimate of drug-likeness (QED) is 0.820. The smallest absolute Gasteiger partial charge is 0.242 e. The van der Waals surface area contributed by atoms with Gasteiger partial charge in [0, 0.05) is 38.4 Å². The fourth-order valence-corrected chi connectivity index (χ4v) is 1.79. The average molecular weight is 238 g/mol. The molecule has 0 aliphatic heterocycles. The van der Waals surface area contributed by atoms with Crippen LogP contribution < -0.4 is 5.73 Å². The first-order valence-corrected chi connectivity index (χ1v) is 5.87. The molecule has 0 radical (unpaired) electrons. The topological polar surface area (TPSA) is 64.1 Å². The van der Waals surface area contributed by atoms with E-state index in [9.17, 15) is 4.79 Å². The van der Waals surface area contributed by atoms with Crippen molar-refractivity contribution in [1.82, 2.24) is 14.5 Å². The van der Waals surface area contributed by atoms with Gasteiger partial charge in [-0.3, -0.25) is 4.79 Å². The van der Waals surface area contributed by atoms with E-state index in [1.54, 1.807) is 31.5 Å². The highest BCUT2D eigenvalue weighted by molar-refractivity contribution is 5.75. The number of nitrogens with zero attached hydrogens (tertiary/aromatic N) is 3. The third-order valence-electron chi connectivity index (χ3n) is 2.99. The molecule has 0 aromatic carbocycles. The lowest BCUT2D eigenvalue weighted by atomic mass is 9.93. The molecule has 1 amide bonds. The van der Waals surface area contributed by atoms with Crippen molar-refractivity contribution in [1.29, 1.82) is 0 Å². The number of nitrogens with two attached hydrogens (primary N) is 1. The first-order chi connectivity index (χ1) is 7.97. The number of hydrogen-bond donors (Lipinski definition) is 1. The summed E-state index contributed by atoms with van der Waals surface area (Å²) in [5.74, 6) is 0.737. The second-order valence-electron chi connectivity index (χ2n) is 4.82. The molecule has 1 unspecified atom stereocenters. The lowest BCUT2D eigenvalue weighted by Crippen LogP contribution is -2.28. The molecule has 1 heterocycles. The molecule has 2 N–H and O–H groups in total. The Kier molecular flexibility index (Phi) is 4.69. The lowest BCUT2D eigenvalue weighted by Gasteiger charge is -2.21. The summed E-state index contributed by atoms with van der Waals surface area (Å²) in [5.41, 5.74) is 6.83. The predicted octanol–water partition coefficient (Wildman–Crippen LogP) is 0.670. The number of hydrogen-bond acceptors (Lipinski definition) is 3. The molecule has 0 saturated heterocycles. The zero-order valence-electron chi connectivity index (χ0n) is 11.1. The van der Waals surface area contributed by atoms with Crippen LogP contribution in [0.1, 0.15) is 25.5 Å². The Balaban J connectivity index is 2.88. The molecule has 0 spiro atoms. The van der Waals surface area contributed by atoms with Gasteiger partial charge >= 0.3 is 0 Å². The maximum atomic E-state index is 11.7. The molecule has 0 aliphatic rings.